The van der Waals surface area contributed by atoms with Crippen molar-refractivity contribution < 1.29 is 19.4 Å². The summed E-state index contributed by atoms with van der Waals surface area (Å²) >= 11 is 15.1. The number of anilines is 1. The molecule has 8 heteroatoms. The van der Waals surface area contributed by atoms with Gasteiger partial charge < -0.3 is 15.2 Å². The largest absolute Gasteiger partial charge is 0.481 e. The molecule has 5 nitrogen and oxygen atoms in total. The Hall–Kier alpha value is -1.76. The number of carbonyl (C=O) groups is 2. The summed E-state index contributed by atoms with van der Waals surface area (Å²) in [5.41, 5.74) is 0.182. The molecule has 1 amide bonds. The molecule has 2 rings (SSSR count). The van der Waals surface area contributed by atoms with Crippen LogP contribution in [0.5, 0.6) is 5.75 Å². The van der Waals surface area contributed by atoms with Crippen LogP contribution in [-0.2, 0) is 4.79 Å². The molecule has 0 radical (unpaired) electrons. The van der Waals surface area contributed by atoms with Crippen LogP contribution in [0, 0.1) is 0 Å². The van der Waals surface area contributed by atoms with Gasteiger partial charge in [0, 0.05) is 5.02 Å². The summed E-state index contributed by atoms with van der Waals surface area (Å²) in [6, 6.07) is 9.15. The molecule has 2 aromatic rings. The first kappa shape index (κ1) is 17.6. The van der Waals surface area contributed by atoms with Crippen LogP contribution in [0.2, 0.25) is 10.0 Å². The van der Waals surface area contributed by atoms with Crippen LogP contribution in [0.1, 0.15) is 10.4 Å². The van der Waals surface area contributed by atoms with E-state index in [1.807, 2.05) is 0 Å². The highest BCUT2D eigenvalue weighted by Crippen LogP contribution is 2.36. The van der Waals surface area contributed by atoms with Crippen LogP contribution in [0.15, 0.2) is 40.9 Å². The van der Waals surface area contributed by atoms with E-state index in [2.05, 4.69) is 21.2 Å². The lowest BCUT2D eigenvalue weighted by Gasteiger charge is -2.12. The molecule has 0 aromatic heterocycles. The average molecular weight is 419 g/mol. The molecule has 0 saturated heterocycles. The van der Waals surface area contributed by atoms with Crippen LogP contribution in [0.3, 0.4) is 0 Å². The maximum atomic E-state index is 11.9. The van der Waals surface area contributed by atoms with Crippen molar-refractivity contribution in [3.63, 3.8) is 0 Å². The molecule has 0 bridgehead atoms. The molecule has 0 atom stereocenters. The Labute approximate surface area is 150 Å². The van der Waals surface area contributed by atoms with Crippen molar-refractivity contribution in [3.8, 4) is 5.75 Å². The van der Waals surface area contributed by atoms with E-state index in [-0.39, 0.29) is 28.6 Å². The average Bonchev–Trinajstić information content (AvgIpc) is 2.46. The van der Waals surface area contributed by atoms with Crippen LogP contribution in [0.4, 0.5) is 5.69 Å². The van der Waals surface area contributed by atoms with Gasteiger partial charge in [-0.25, -0.2) is 4.79 Å². The molecular weight excluding hydrogens is 409 g/mol. The smallest absolute Gasteiger partial charge is 0.337 e. The Bertz CT molecular complexity index is 744. The number of amides is 1. The van der Waals surface area contributed by atoms with Gasteiger partial charge in [0.15, 0.2) is 12.4 Å². The number of rotatable bonds is 5. The van der Waals surface area contributed by atoms with Crippen molar-refractivity contribution in [2.45, 2.75) is 0 Å². The Morgan fingerprint density at radius 3 is 2.57 bits per heavy atom. The number of nitrogens with one attached hydrogen (secondary N) is 1. The number of para-hydroxylation sites is 1. The molecule has 0 spiro atoms. The highest BCUT2D eigenvalue weighted by molar-refractivity contribution is 9.10. The number of halogens is 3. The van der Waals surface area contributed by atoms with Crippen molar-refractivity contribution in [2.24, 2.45) is 0 Å². The Balaban J connectivity index is 2.06. The van der Waals surface area contributed by atoms with Gasteiger partial charge in [-0.15, -0.1) is 0 Å². The molecule has 2 aromatic carbocycles. The molecule has 120 valence electrons. The molecule has 0 aliphatic heterocycles. The lowest BCUT2D eigenvalue weighted by molar-refractivity contribution is -0.118. The zero-order valence-corrected chi connectivity index (χ0v) is 14.6. The summed E-state index contributed by atoms with van der Waals surface area (Å²) in [7, 11) is 0. The van der Waals surface area contributed by atoms with Gasteiger partial charge in [-0.3, -0.25) is 4.79 Å². The van der Waals surface area contributed by atoms with Gasteiger partial charge in [0.25, 0.3) is 5.91 Å². The predicted octanol–water partition coefficient (Wildman–Crippen LogP) is 4.47. The first-order valence-corrected chi connectivity index (χ1v) is 7.83. The summed E-state index contributed by atoms with van der Waals surface area (Å²) in [6.45, 7) is -0.339. The minimum atomic E-state index is -1.13. The standard InChI is InChI=1S/C15H10BrCl2NO4/c16-10-5-8(17)6-11(18)14(10)23-7-13(20)19-12-4-2-1-3-9(12)15(21)22/h1-6H,7H2,(H,19,20)(H,21,22). The van der Waals surface area contributed by atoms with Crippen molar-refractivity contribution in [1.29, 1.82) is 0 Å². The summed E-state index contributed by atoms with van der Waals surface area (Å²) in [6.07, 6.45) is 0. The SMILES string of the molecule is O=C(COc1c(Cl)cc(Cl)cc1Br)Nc1ccccc1C(=O)O. The number of carboxylic acid groups (broad SMARTS) is 1. The second kappa shape index (κ2) is 7.68. The molecule has 0 unspecified atom stereocenters. The van der Waals surface area contributed by atoms with Gasteiger partial charge >= 0.3 is 5.97 Å². The zero-order chi connectivity index (χ0) is 17.0. The van der Waals surface area contributed by atoms with Crippen LogP contribution in [-0.4, -0.2) is 23.6 Å². The number of benzene rings is 2. The zero-order valence-electron chi connectivity index (χ0n) is 11.5. The van der Waals surface area contributed by atoms with Crippen molar-refractivity contribution in [3.05, 3.63) is 56.5 Å². The number of hydrogen-bond donors (Lipinski definition) is 2. The summed E-state index contributed by atoms with van der Waals surface area (Å²) in [5, 5.41) is 12.2. The van der Waals surface area contributed by atoms with Crippen LogP contribution in [0.25, 0.3) is 0 Å². The molecule has 0 saturated carbocycles. The number of hydrogen-bond acceptors (Lipinski definition) is 3. The van der Waals surface area contributed by atoms with Crippen LogP contribution < -0.4 is 10.1 Å². The topological polar surface area (TPSA) is 75.6 Å². The van der Waals surface area contributed by atoms with Gasteiger partial charge in [-0.2, -0.15) is 0 Å². The molecule has 0 fully saturated rings. The Kier molecular flexibility index (Phi) is 5.87. The van der Waals surface area contributed by atoms with Gasteiger partial charge in [-0.1, -0.05) is 35.3 Å². The lowest BCUT2D eigenvalue weighted by Crippen LogP contribution is -2.21. The van der Waals surface area contributed by atoms with E-state index in [1.54, 1.807) is 18.2 Å². The van der Waals surface area contributed by atoms with Gasteiger partial charge in [-0.05, 0) is 40.2 Å². The summed E-state index contributed by atoms with van der Waals surface area (Å²) in [4.78, 5) is 23.0. The fourth-order valence-corrected chi connectivity index (χ4v) is 3.14. The predicted molar refractivity (Wildman–Crippen MR) is 91.7 cm³/mol. The third kappa shape index (κ3) is 4.60. The van der Waals surface area contributed by atoms with Gasteiger partial charge in [0.05, 0.1) is 20.7 Å². The van der Waals surface area contributed by atoms with E-state index in [0.29, 0.717) is 9.50 Å². The normalized spacial score (nSPS) is 10.2. The van der Waals surface area contributed by atoms with Gasteiger partial charge in [0.2, 0.25) is 0 Å². The molecule has 2 N–H and O–H groups in total. The van der Waals surface area contributed by atoms with Crippen molar-refractivity contribution >= 4 is 56.7 Å². The maximum Gasteiger partial charge on any atom is 0.337 e. The molecule has 0 aliphatic carbocycles. The molecule has 0 aliphatic rings. The second-order valence-corrected chi connectivity index (χ2v) is 6.08. The summed E-state index contributed by atoms with van der Waals surface area (Å²) < 4.78 is 5.87. The molecular formula is C15H10BrCl2NO4. The number of carboxylic acids is 1. The minimum Gasteiger partial charge on any atom is -0.481 e. The fourth-order valence-electron chi connectivity index (χ4n) is 1.77. The molecule has 23 heavy (non-hydrogen) atoms. The van der Waals surface area contributed by atoms with Crippen LogP contribution >= 0.6 is 39.1 Å². The second-order valence-electron chi connectivity index (χ2n) is 4.39. The Morgan fingerprint density at radius 2 is 1.91 bits per heavy atom. The number of aromatic carboxylic acids is 1. The Morgan fingerprint density at radius 1 is 1.22 bits per heavy atom. The minimum absolute atomic E-state index is 0.00782. The van der Waals surface area contributed by atoms with Crippen molar-refractivity contribution in [2.75, 3.05) is 11.9 Å². The summed E-state index contributed by atoms with van der Waals surface area (Å²) in [5.74, 6) is -1.38. The van der Waals surface area contributed by atoms with E-state index in [1.165, 1.54) is 18.2 Å². The maximum absolute atomic E-state index is 11.9. The quantitative estimate of drug-likeness (QED) is 0.750. The lowest BCUT2D eigenvalue weighted by atomic mass is 10.2. The van der Waals surface area contributed by atoms with Crippen molar-refractivity contribution in [1.82, 2.24) is 0 Å². The van der Waals surface area contributed by atoms with E-state index in [4.69, 9.17) is 33.0 Å². The first-order chi connectivity index (χ1) is 10.9. The van der Waals surface area contributed by atoms with E-state index >= 15 is 0 Å². The molecule has 0 heterocycles. The van der Waals surface area contributed by atoms with Gasteiger partial charge in [0.1, 0.15) is 0 Å². The number of ether oxygens (including phenoxy) is 1. The highest BCUT2D eigenvalue weighted by atomic mass is 79.9. The fraction of sp³-hybridized carbons (Fsp3) is 0.0667. The van der Waals surface area contributed by atoms with E-state index in [9.17, 15) is 9.59 Å². The first-order valence-electron chi connectivity index (χ1n) is 6.28. The number of carbonyl (C=O) groups excluding carboxylic acids is 1. The third-order valence-corrected chi connectivity index (χ3v) is 3.83. The highest BCUT2D eigenvalue weighted by Gasteiger charge is 2.14. The van der Waals surface area contributed by atoms with E-state index < -0.39 is 11.9 Å². The third-order valence-electron chi connectivity index (χ3n) is 2.74. The van der Waals surface area contributed by atoms with E-state index in [0.717, 1.165) is 0 Å². The monoisotopic (exact) mass is 417 g/mol.